The van der Waals surface area contributed by atoms with E-state index >= 15 is 0 Å². The smallest absolute Gasteiger partial charge is 0.0867 e. The lowest BCUT2D eigenvalue weighted by Gasteiger charge is -2.22. The lowest BCUT2D eigenvalue weighted by molar-refractivity contribution is -0.0170. The van der Waals surface area contributed by atoms with Gasteiger partial charge in [0.25, 0.3) is 0 Å². The van der Waals surface area contributed by atoms with Gasteiger partial charge in [-0.25, -0.2) is 0 Å². The molecule has 0 saturated heterocycles. The molecule has 0 heterocycles. The molecule has 1 aromatic rings. The molecule has 0 spiro atoms. The molecule has 0 aliphatic rings. The first-order chi connectivity index (χ1) is 8.15. The molecular weight excluding hydrogens is 212 g/mol. The van der Waals surface area contributed by atoms with E-state index in [4.69, 9.17) is 9.47 Å². The summed E-state index contributed by atoms with van der Waals surface area (Å²) < 4.78 is 11.1. The minimum Gasteiger partial charge on any atom is -0.378 e. The highest BCUT2D eigenvalue weighted by molar-refractivity contribution is 5.13. The Balaban J connectivity index is 2.36. The molecular formula is C15H22O2. The summed E-state index contributed by atoms with van der Waals surface area (Å²) >= 11 is 0. The van der Waals surface area contributed by atoms with Crippen molar-refractivity contribution in [2.45, 2.75) is 26.6 Å². The van der Waals surface area contributed by atoms with Crippen molar-refractivity contribution in [2.75, 3.05) is 13.7 Å². The average molecular weight is 234 g/mol. The predicted molar refractivity (Wildman–Crippen MR) is 70.9 cm³/mol. The first kappa shape index (κ1) is 13.9. The summed E-state index contributed by atoms with van der Waals surface area (Å²) in [5.74, 6) is 0.316. The first-order valence-corrected chi connectivity index (χ1v) is 5.95. The summed E-state index contributed by atoms with van der Waals surface area (Å²) in [4.78, 5) is 0. The molecule has 94 valence electrons. The predicted octanol–water partition coefficient (Wildman–Crippen LogP) is 3.43. The Kier molecular flexibility index (Phi) is 5.95. The van der Waals surface area contributed by atoms with Crippen LogP contribution in [0.4, 0.5) is 0 Å². The van der Waals surface area contributed by atoms with E-state index < -0.39 is 0 Å². The van der Waals surface area contributed by atoms with Crippen LogP contribution in [0.25, 0.3) is 0 Å². The molecule has 1 rings (SSSR count). The highest BCUT2D eigenvalue weighted by Gasteiger charge is 2.17. The van der Waals surface area contributed by atoms with E-state index in [-0.39, 0.29) is 6.10 Å². The molecule has 0 radical (unpaired) electrons. The second kappa shape index (κ2) is 7.25. The number of hydrogen-bond donors (Lipinski definition) is 0. The molecule has 0 fully saturated rings. The molecule has 2 nitrogen and oxygen atoms in total. The Morgan fingerprint density at radius 1 is 1.29 bits per heavy atom. The Bertz CT molecular complexity index is 332. The molecule has 0 aromatic heterocycles. The van der Waals surface area contributed by atoms with Gasteiger partial charge in [0.05, 0.1) is 19.3 Å². The third kappa shape index (κ3) is 4.72. The second-order valence-corrected chi connectivity index (χ2v) is 4.41. The van der Waals surface area contributed by atoms with Gasteiger partial charge in [0, 0.05) is 13.0 Å². The Labute approximate surface area is 104 Å². The molecule has 17 heavy (non-hydrogen) atoms. The number of ether oxygens (including phenoxy) is 2. The summed E-state index contributed by atoms with van der Waals surface area (Å²) in [5, 5.41) is 0. The van der Waals surface area contributed by atoms with E-state index in [1.807, 2.05) is 25.1 Å². The van der Waals surface area contributed by atoms with Gasteiger partial charge >= 0.3 is 0 Å². The molecule has 0 aliphatic heterocycles. The van der Waals surface area contributed by atoms with Crippen LogP contribution < -0.4 is 0 Å². The molecule has 2 atom stereocenters. The first-order valence-electron chi connectivity index (χ1n) is 5.95. The van der Waals surface area contributed by atoms with E-state index in [1.165, 1.54) is 5.56 Å². The number of rotatable bonds is 7. The van der Waals surface area contributed by atoms with Gasteiger partial charge in [-0.2, -0.15) is 0 Å². The quantitative estimate of drug-likeness (QED) is 0.673. The molecule has 0 bridgehead atoms. The van der Waals surface area contributed by atoms with E-state index in [0.29, 0.717) is 19.1 Å². The fourth-order valence-corrected chi connectivity index (χ4v) is 1.60. The summed E-state index contributed by atoms with van der Waals surface area (Å²) in [7, 11) is 1.72. The van der Waals surface area contributed by atoms with Gasteiger partial charge in [0.15, 0.2) is 0 Å². The summed E-state index contributed by atoms with van der Waals surface area (Å²) in [6.07, 6.45) is 0.0798. The van der Waals surface area contributed by atoms with Crippen LogP contribution >= 0.6 is 0 Å². The van der Waals surface area contributed by atoms with Gasteiger partial charge in [0.1, 0.15) is 0 Å². The third-order valence-electron chi connectivity index (χ3n) is 3.03. The van der Waals surface area contributed by atoms with Crippen molar-refractivity contribution in [3.8, 4) is 0 Å². The number of methoxy groups -OCH3 is 1. The zero-order chi connectivity index (χ0) is 12.7. The van der Waals surface area contributed by atoms with Crippen molar-refractivity contribution in [1.82, 2.24) is 0 Å². The molecule has 0 N–H and O–H groups in total. The van der Waals surface area contributed by atoms with Crippen LogP contribution in [-0.4, -0.2) is 19.8 Å². The average Bonchev–Trinajstić information content (AvgIpc) is 2.35. The fraction of sp³-hybridized carbons (Fsp3) is 0.467. The highest BCUT2D eigenvalue weighted by atomic mass is 16.5. The standard InChI is InChI=1S/C15H22O2/c1-12(2)13(3)15(16-4)11-17-10-14-8-6-5-7-9-14/h5-9,13,15H,1,10-11H2,2-4H3/t13-,15-/m1/s1. The van der Waals surface area contributed by atoms with Gasteiger partial charge < -0.3 is 9.47 Å². The topological polar surface area (TPSA) is 18.5 Å². The van der Waals surface area contributed by atoms with Crippen molar-refractivity contribution in [2.24, 2.45) is 5.92 Å². The molecule has 0 aliphatic carbocycles. The summed E-state index contributed by atoms with van der Waals surface area (Å²) in [6.45, 7) is 9.31. The summed E-state index contributed by atoms with van der Waals surface area (Å²) in [5.41, 5.74) is 2.31. The monoisotopic (exact) mass is 234 g/mol. The van der Waals surface area contributed by atoms with E-state index in [9.17, 15) is 0 Å². The van der Waals surface area contributed by atoms with Crippen molar-refractivity contribution in [3.05, 3.63) is 48.0 Å². The minimum atomic E-state index is 0.0798. The highest BCUT2D eigenvalue weighted by Crippen LogP contribution is 2.15. The zero-order valence-corrected chi connectivity index (χ0v) is 11.0. The van der Waals surface area contributed by atoms with Crippen LogP contribution in [0.3, 0.4) is 0 Å². The normalized spacial score (nSPS) is 14.3. The molecule has 1 aromatic carbocycles. The Morgan fingerprint density at radius 2 is 1.94 bits per heavy atom. The van der Waals surface area contributed by atoms with Crippen molar-refractivity contribution in [3.63, 3.8) is 0 Å². The van der Waals surface area contributed by atoms with Gasteiger partial charge in [-0.05, 0) is 12.5 Å². The minimum absolute atomic E-state index is 0.0798. The molecule has 0 unspecified atom stereocenters. The maximum atomic E-state index is 5.68. The number of hydrogen-bond acceptors (Lipinski definition) is 2. The summed E-state index contributed by atoms with van der Waals surface area (Å²) in [6, 6.07) is 10.2. The molecule has 0 saturated carbocycles. The SMILES string of the molecule is C=C(C)[C@@H](C)[C@@H](COCc1ccccc1)OC. The largest absolute Gasteiger partial charge is 0.378 e. The van der Waals surface area contributed by atoms with E-state index in [0.717, 1.165) is 5.57 Å². The van der Waals surface area contributed by atoms with Crippen LogP contribution in [0, 0.1) is 5.92 Å². The van der Waals surface area contributed by atoms with Gasteiger partial charge in [-0.3, -0.25) is 0 Å². The van der Waals surface area contributed by atoms with Crippen LogP contribution in [-0.2, 0) is 16.1 Å². The van der Waals surface area contributed by atoms with Crippen LogP contribution in [0.15, 0.2) is 42.5 Å². The van der Waals surface area contributed by atoms with Gasteiger partial charge in [-0.15, -0.1) is 0 Å². The van der Waals surface area contributed by atoms with E-state index in [2.05, 4.69) is 25.6 Å². The van der Waals surface area contributed by atoms with Crippen molar-refractivity contribution < 1.29 is 9.47 Å². The lowest BCUT2D eigenvalue weighted by atomic mass is 9.98. The van der Waals surface area contributed by atoms with Crippen molar-refractivity contribution >= 4 is 0 Å². The fourth-order valence-electron chi connectivity index (χ4n) is 1.60. The maximum Gasteiger partial charge on any atom is 0.0867 e. The van der Waals surface area contributed by atoms with Gasteiger partial charge in [-0.1, -0.05) is 49.4 Å². The Hall–Kier alpha value is -1.12. The maximum absolute atomic E-state index is 5.68. The van der Waals surface area contributed by atoms with E-state index in [1.54, 1.807) is 7.11 Å². The second-order valence-electron chi connectivity index (χ2n) is 4.41. The number of benzene rings is 1. The molecule has 0 amide bonds. The molecule has 2 heteroatoms. The lowest BCUT2D eigenvalue weighted by Crippen LogP contribution is -2.26. The van der Waals surface area contributed by atoms with Crippen LogP contribution in [0.2, 0.25) is 0 Å². The Morgan fingerprint density at radius 3 is 2.47 bits per heavy atom. The van der Waals surface area contributed by atoms with Crippen LogP contribution in [0.1, 0.15) is 19.4 Å². The zero-order valence-electron chi connectivity index (χ0n) is 11.0. The van der Waals surface area contributed by atoms with Crippen LogP contribution in [0.5, 0.6) is 0 Å². The van der Waals surface area contributed by atoms with Gasteiger partial charge in [0.2, 0.25) is 0 Å². The van der Waals surface area contributed by atoms with Crippen molar-refractivity contribution in [1.29, 1.82) is 0 Å². The third-order valence-corrected chi connectivity index (χ3v) is 3.03.